The lowest BCUT2D eigenvalue weighted by Crippen LogP contribution is -2.28. The molecule has 0 radical (unpaired) electrons. The van der Waals surface area contributed by atoms with Gasteiger partial charge >= 0.3 is 6.09 Å². The van der Waals surface area contributed by atoms with Crippen molar-refractivity contribution >= 4 is 6.09 Å². The molecular formula is C15H17N3O2. The Labute approximate surface area is 117 Å². The molecule has 1 amide bonds. The lowest BCUT2D eigenvalue weighted by molar-refractivity contribution is 0.156. The molecule has 0 aliphatic rings. The highest BCUT2D eigenvalue weighted by atomic mass is 16.5. The fraction of sp³-hybridized carbons (Fsp3) is 0.200. The second kappa shape index (κ2) is 7.25. The number of carbonyl (C=O) groups is 1. The zero-order valence-corrected chi connectivity index (χ0v) is 11.0. The lowest BCUT2D eigenvalue weighted by Gasteiger charge is -2.19. The van der Waals surface area contributed by atoms with Crippen molar-refractivity contribution in [3.05, 3.63) is 66.0 Å². The molecule has 0 saturated carbocycles. The Bertz CT molecular complexity index is 492. The number of nitrogens with one attached hydrogen (secondary N) is 1. The van der Waals surface area contributed by atoms with Gasteiger partial charge in [0, 0.05) is 18.9 Å². The second-order valence-electron chi connectivity index (χ2n) is 4.25. The summed E-state index contributed by atoms with van der Waals surface area (Å²) < 4.78 is 4.73. The smallest absolute Gasteiger partial charge is 0.404 e. The molecule has 0 aliphatic carbocycles. The van der Waals surface area contributed by atoms with E-state index in [-0.39, 0.29) is 12.6 Å². The van der Waals surface area contributed by atoms with Gasteiger partial charge < -0.3 is 15.8 Å². The average molecular weight is 271 g/mol. The van der Waals surface area contributed by atoms with Crippen LogP contribution < -0.4 is 11.1 Å². The van der Waals surface area contributed by atoms with E-state index in [1.807, 2.05) is 42.5 Å². The molecule has 5 nitrogen and oxygen atoms in total. The monoisotopic (exact) mass is 271 g/mol. The number of hydrogen-bond donors (Lipinski definition) is 2. The van der Waals surface area contributed by atoms with Crippen LogP contribution >= 0.6 is 0 Å². The Kier molecular flexibility index (Phi) is 5.08. The van der Waals surface area contributed by atoms with E-state index in [0.29, 0.717) is 6.54 Å². The predicted molar refractivity (Wildman–Crippen MR) is 76.1 cm³/mol. The van der Waals surface area contributed by atoms with E-state index in [4.69, 9.17) is 10.5 Å². The van der Waals surface area contributed by atoms with Crippen LogP contribution in [0.3, 0.4) is 0 Å². The number of aromatic nitrogens is 1. The first kappa shape index (κ1) is 14.0. The van der Waals surface area contributed by atoms with Crippen molar-refractivity contribution in [1.82, 2.24) is 10.3 Å². The number of nitrogens with two attached hydrogens (primary N) is 1. The Morgan fingerprint density at radius 3 is 2.45 bits per heavy atom. The third kappa shape index (κ3) is 4.07. The van der Waals surface area contributed by atoms with Crippen molar-refractivity contribution in [2.45, 2.75) is 6.04 Å². The summed E-state index contributed by atoms with van der Waals surface area (Å²) in [5, 5.41) is 3.35. The van der Waals surface area contributed by atoms with E-state index in [1.165, 1.54) is 0 Å². The minimum absolute atomic E-state index is 0.0238. The van der Waals surface area contributed by atoms with Crippen LogP contribution in [0.15, 0.2) is 54.9 Å². The Balaban J connectivity index is 2.07. The van der Waals surface area contributed by atoms with Crippen LogP contribution in [-0.2, 0) is 4.74 Å². The highest BCUT2D eigenvalue weighted by Gasteiger charge is 2.12. The molecule has 0 bridgehead atoms. The van der Waals surface area contributed by atoms with Crippen molar-refractivity contribution in [1.29, 1.82) is 0 Å². The summed E-state index contributed by atoms with van der Waals surface area (Å²) in [6, 6.07) is 14.0. The van der Waals surface area contributed by atoms with Crippen LogP contribution in [0.4, 0.5) is 4.79 Å². The van der Waals surface area contributed by atoms with Crippen LogP contribution in [0.25, 0.3) is 0 Å². The Morgan fingerprint density at radius 2 is 1.80 bits per heavy atom. The van der Waals surface area contributed by atoms with Gasteiger partial charge in [-0.15, -0.1) is 0 Å². The van der Waals surface area contributed by atoms with Gasteiger partial charge in [0.25, 0.3) is 0 Å². The molecule has 0 spiro atoms. The molecule has 5 heteroatoms. The SMILES string of the molecule is NC(=O)OCCNC(c1ccccc1)c1ccncc1. The molecule has 1 aromatic carbocycles. The highest BCUT2D eigenvalue weighted by Crippen LogP contribution is 2.20. The summed E-state index contributed by atoms with van der Waals surface area (Å²) in [6.07, 6.45) is 2.76. The van der Waals surface area contributed by atoms with Gasteiger partial charge in [0.15, 0.2) is 0 Å². The Hall–Kier alpha value is -2.40. The quantitative estimate of drug-likeness (QED) is 0.786. The van der Waals surface area contributed by atoms with Crippen LogP contribution in [0.1, 0.15) is 17.2 Å². The molecule has 0 saturated heterocycles. The Morgan fingerprint density at radius 1 is 1.15 bits per heavy atom. The largest absolute Gasteiger partial charge is 0.448 e. The van der Waals surface area contributed by atoms with Crippen molar-refractivity contribution in [2.75, 3.05) is 13.2 Å². The molecule has 20 heavy (non-hydrogen) atoms. The van der Waals surface area contributed by atoms with E-state index in [9.17, 15) is 4.79 Å². The van der Waals surface area contributed by atoms with Crippen molar-refractivity contribution in [3.63, 3.8) is 0 Å². The fourth-order valence-corrected chi connectivity index (χ4v) is 1.98. The summed E-state index contributed by atoms with van der Waals surface area (Å²) in [6.45, 7) is 0.759. The lowest BCUT2D eigenvalue weighted by atomic mass is 10.00. The van der Waals surface area contributed by atoms with Crippen molar-refractivity contribution < 1.29 is 9.53 Å². The number of benzene rings is 1. The molecule has 0 aliphatic heterocycles. The van der Waals surface area contributed by atoms with Gasteiger partial charge in [-0.1, -0.05) is 30.3 Å². The number of rotatable bonds is 6. The number of hydrogen-bond acceptors (Lipinski definition) is 4. The van der Waals surface area contributed by atoms with Gasteiger partial charge in [0.2, 0.25) is 0 Å². The van der Waals surface area contributed by atoms with E-state index in [0.717, 1.165) is 11.1 Å². The van der Waals surface area contributed by atoms with Gasteiger partial charge in [-0.2, -0.15) is 0 Å². The van der Waals surface area contributed by atoms with Crippen LogP contribution in [0.2, 0.25) is 0 Å². The van der Waals surface area contributed by atoms with Crippen LogP contribution in [0.5, 0.6) is 0 Å². The molecular weight excluding hydrogens is 254 g/mol. The average Bonchev–Trinajstić information content (AvgIpc) is 2.49. The summed E-state index contributed by atoms with van der Waals surface area (Å²) in [4.78, 5) is 14.6. The normalized spacial score (nSPS) is 11.8. The molecule has 3 N–H and O–H groups in total. The summed E-state index contributed by atoms with van der Waals surface area (Å²) in [5.74, 6) is 0. The summed E-state index contributed by atoms with van der Waals surface area (Å²) >= 11 is 0. The number of amides is 1. The third-order valence-electron chi connectivity index (χ3n) is 2.87. The molecule has 0 fully saturated rings. The second-order valence-corrected chi connectivity index (χ2v) is 4.25. The first-order valence-electron chi connectivity index (χ1n) is 6.38. The number of carbonyl (C=O) groups excluding carboxylic acids is 1. The zero-order chi connectivity index (χ0) is 14.2. The number of pyridine rings is 1. The first-order valence-corrected chi connectivity index (χ1v) is 6.38. The minimum atomic E-state index is -0.757. The van der Waals surface area contributed by atoms with E-state index in [2.05, 4.69) is 10.3 Å². The topological polar surface area (TPSA) is 77.2 Å². The van der Waals surface area contributed by atoms with Gasteiger partial charge in [0.1, 0.15) is 6.61 Å². The number of nitrogens with zero attached hydrogens (tertiary/aromatic N) is 1. The fourth-order valence-electron chi connectivity index (χ4n) is 1.98. The minimum Gasteiger partial charge on any atom is -0.448 e. The number of primary amides is 1. The maximum Gasteiger partial charge on any atom is 0.404 e. The summed E-state index contributed by atoms with van der Waals surface area (Å²) in [7, 11) is 0. The predicted octanol–water partition coefficient (Wildman–Crippen LogP) is 1.86. The molecule has 1 atom stereocenters. The number of ether oxygens (including phenoxy) is 1. The molecule has 104 valence electrons. The maximum atomic E-state index is 10.5. The van der Waals surface area contributed by atoms with E-state index >= 15 is 0 Å². The van der Waals surface area contributed by atoms with Crippen LogP contribution in [0, 0.1) is 0 Å². The molecule has 1 aromatic heterocycles. The summed E-state index contributed by atoms with van der Waals surface area (Å²) in [5.41, 5.74) is 7.17. The van der Waals surface area contributed by atoms with Crippen molar-refractivity contribution in [2.24, 2.45) is 5.73 Å². The first-order chi connectivity index (χ1) is 9.77. The molecule has 2 aromatic rings. The van der Waals surface area contributed by atoms with Crippen molar-refractivity contribution in [3.8, 4) is 0 Å². The van der Waals surface area contributed by atoms with Gasteiger partial charge in [-0.3, -0.25) is 4.98 Å². The standard InChI is InChI=1S/C15H17N3O2/c16-15(19)20-11-10-18-14(12-4-2-1-3-5-12)13-6-8-17-9-7-13/h1-9,14,18H,10-11H2,(H2,16,19). The maximum absolute atomic E-state index is 10.5. The van der Waals surface area contributed by atoms with Gasteiger partial charge in [0.05, 0.1) is 6.04 Å². The zero-order valence-electron chi connectivity index (χ0n) is 11.0. The van der Waals surface area contributed by atoms with Gasteiger partial charge in [-0.05, 0) is 23.3 Å². The molecule has 1 unspecified atom stereocenters. The van der Waals surface area contributed by atoms with E-state index in [1.54, 1.807) is 12.4 Å². The van der Waals surface area contributed by atoms with Gasteiger partial charge in [-0.25, -0.2) is 4.79 Å². The van der Waals surface area contributed by atoms with Crippen LogP contribution in [-0.4, -0.2) is 24.2 Å². The van der Waals surface area contributed by atoms with E-state index < -0.39 is 6.09 Å². The molecule has 1 heterocycles. The molecule has 2 rings (SSSR count). The third-order valence-corrected chi connectivity index (χ3v) is 2.87. The highest BCUT2D eigenvalue weighted by molar-refractivity contribution is 5.64.